The lowest BCUT2D eigenvalue weighted by Gasteiger charge is -2.25. The average Bonchev–Trinajstić information content (AvgIpc) is 2.74. The van der Waals surface area contributed by atoms with E-state index in [1.165, 1.54) is 0 Å². The minimum Gasteiger partial charge on any atom is -0.493 e. The van der Waals surface area contributed by atoms with Crippen molar-refractivity contribution in [2.75, 3.05) is 13.7 Å². The predicted octanol–water partition coefficient (Wildman–Crippen LogP) is 4.10. The average molecular weight is 382 g/mol. The molecule has 0 radical (unpaired) electrons. The van der Waals surface area contributed by atoms with Gasteiger partial charge in [-0.1, -0.05) is 66.7 Å². The molecule has 1 atom stereocenters. The van der Waals surface area contributed by atoms with Crippen LogP contribution in [0.3, 0.4) is 0 Å². The van der Waals surface area contributed by atoms with Gasteiger partial charge in [-0.15, -0.1) is 0 Å². The molecule has 1 N–H and O–H groups in total. The maximum atomic E-state index is 14.2. The van der Waals surface area contributed by atoms with E-state index in [-0.39, 0.29) is 0 Å². The molecular formula is C22H23O4P. The van der Waals surface area contributed by atoms with Crippen LogP contribution in [0.25, 0.3) is 0 Å². The van der Waals surface area contributed by atoms with Crippen LogP contribution in [0.4, 0.5) is 0 Å². The SMILES string of the molecule is CCOc1ccc(C(O)P(=O)(c2ccccc2)c2ccccc2)cc1OC. The number of methoxy groups -OCH3 is 1. The van der Waals surface area contributed by atoms with Crippen molar-refractivity contribution >= 4 is 17.8 Å². The molecule has 0 amide bonds. The zero-order chi connectivity index (χ0) is 19.3. The third kappa shape index (κ3) is 3.78. The van der Waals surface area contributed by atoms with Crippen LogP contribution in [-0.4, -0.2) is 18.8 Å². The molecule has 3 aromatic carbocycles. The van der Waals surface area contributed by atoms with E-state index in [0.717, 1.165) is 0 Å². The molecule has 3 aromatic rings. The molecule has 0 aromatic heterocycles. The van der Waals surface area contributed by atoms with Crippen molar-refractivity contribution in [2.45, 2.75) is 12.8 Å². The fourth-order valence-electron chi connectivity index (χ4n) is 3.06. The topological polar surface area (TPSA) is 55.8 Å². The van der Waals surface area contributed by atoms with Gasteiger partial charge in [-0.05, 0) is 24.6 Å². The summed E-state index contributed by atoms with van der Waals surface area (Å²) in [4.78, 5) is 0. The molecule has 0 spiro atoms. The van der Waals surface area contributed by atoms with Crippen molar-refractivity contribution in [1.82, 2.24) is 0 Å². The second-order valence-electron chi connectivity index (χ2n) is 6.05. The molecule has 5 heteroatoms. The zero-order valence-corrected chi connectivity index (χ0v) is 16.3. The van der Waals surface area contributed by atoms with Gasteiger partial charge in [0.1, 0.15) is 5.85 Å². The summed E-state index contributed by atoms with van der Waals surface area (Å²) in [6, 6.07) is 23.4. The summed E-state index contributed by atoms with van der Waals surface area (Å²) in [6.07, 6.45) is 0. The number of benzene rings is 3. The van der Waals surface area contributed by atoms with Gasteiger partial charge in [-0.3, -0.25) is 0 Å². The quantitative estimate of drug-likeness (QED) is 0.625. The van der Waals surface area contributed by atoms with Crippen LogP contribution in [0.5, 0.6) is 11.5 Å². The van der Waals surface area contributed by atoms with Crippen molar-refractivity contribution in [3.05, 3.63) is 84.4 Å². The Morgan fingerprint density at radius 3 is 1.93 bits per heavy atom. The van der Waals surface area contributed by atoms with Gasteiger partial charge in [0, 0.05) is 10.6 Å². The number of aliphatic hydroxyl groups is 1. The first-order valence-electron chi connectivity index (χ1n) is 8.81. The lowest BCUT2D eigenvalue weighted by molar-refractivity contribution is 0.255. The van der Waals surface area contributed by atoms with Crippen LogP contribution in [-0.2, 0) is 4.57 Å². The van der Waals surface area contributed by atoms with Crippen LogP contribution in [0.15, 0.2) is 78.9 Å². The van der Waals surface area contributed by atoms with E-state index < -0.39 is 13.0 Å². The Kier molecular flexibility index (Phi) is 6.00. The van der Waals surface area contributed by atoms with Gasteiger partial charge in [0.25, 0.3) is 0 Å². The highest BCUT2D eigenvalue weighted by Gasteiger charge is 2.36. The first kappa shape index (κ1) is 19.2. The molecule has 0 heterocycles. The Balaban J connectivity index is 2.12. The standard InChI is InChI=1S/C22H23O4P/c1-3-26-20-15-14-17(16-21(20)25-2)22(23)27(24,18-10-6-4-7-11-18)19-12-8-5-9-13-19/h4-16,22-23H,3H2,1-2H3. The highest BCUT2D eigenvalue weighted by atomic mass is 31.2. The summed E-state index contributed by atoms with van der Waals surface area (Å²) in [7, 11) is -1.80. The maximum Gasteiger partial charge on any atom is 0.174 e. The Morgan fingerprint density at radius 2 is 1.44 bits per heavy atom. The van der Waals surface area contributed by atoms with Crippen molar-refractivity contribution in [3.8, 4) is 11.5 Å². The predicted molar refractivity (Wildman–Crippen MR) is 109 cm³/mol. The van der Waals surface area contributed by atoms with Gasteiger partial charge in [0.05, 0.1) is 13.7 Å². The molecule has 0 saturated carbocycles. The molecule has 140 valence electrons. The lowest BCUT2D eigenvalue weighted by atomic mass is 10.2. The molecule has 1 unspecified atom stereocenters. The van der Waals surface area contributed by atoms with E-state index in [0.29, 0.717) is 34.3 Å². The van der Waals surface area contributed by atoms with E-state index in [9.17, 15) is 9.67 Å². The van der Waals surface area contributed by atoms with Crippen molar-refractivity contribution < 1.29 is 19.1 Å². The van der Waals surface area contributed by atoms with E-state index in [2.05, 4.69) is 0 Å². The molecule has 3 rings (SSSR count). The number of rotatable bonds is 7. The van der Waals surface area contributed by atoms with Gasteiger partial charge in [-0.25, -0.2) is 0 Å². The summed E-state index contributed by atoms with van der Waals surface area (Å²) < 4.78 is 25.1. The molecular weight excluding hydrogens is 359 g/mol. The normalized spacial score (nSPS) is 12.4. The Bertz CT molecular complexity index is 882. The van der Waals surface area contributed by atoms with Crippen molar-refractivity contribution in [3.63, 3.8) is 0 Å². The third-order valence-corrected chi connectivity index (χ3v) is 7.53. The van der Waals surface area contributed by atoms with Crippen LogP contribution in [0.2, 0.25) is 0 Å². The molecule has 0 aliphatic heterocycles. The van der Waals surface area contributed by atoms with Gasteiger partial charge in [-0.2, -0.15) is 0 Å². The van der Waals surface area contributed by atoms with E-state index in [1.807, 2.05) is 43.3 Å². The summed E-state index contributed by atoms with van der Waals surface area (Å²) in [5.74, 6) is -0.113. The molecule has 0 aliphatic rings. The number of aliphatic hydroxyl groups excluding tert-OH is 1. The summed E-state index contributed by atoms with van der Waals surface area (Å²) in [5, 5.41) is 12.4. The Hall–Kier alpha value is -2.55. The van der Waals surface area contributed by atoms with Crippen LogP contribution in [0, 0.1) is 0 Å². The van der Waals surface area contributed by atoms with E-state index in [4.69, 9.17) is 9.47 Å². The largest absolute Gasteiger partial charge is 0.493 e. The number of hydrogen-bond acceptors (Lipinski definition) is 4. The smallest absolute Gasteiger partial charge is 0.174 e. The summed E-state index contributed by atoms with van der Waals surface area (Å²) in [5.41, 5.74) is 0.520. The molecule has 0 aliphatic carbocycles. The molecule has 0 bridgehead atoms. The van der Waals surface area contributed by atoms with Gasteiger partial charge in [0.15, 0.2) is 18.6 Å². The molecule has 0 saturated heterocycles. The monoisotopic (exact) mass is 382 g/mol. The second-order valence-corrected chi connectivity index (χ2v) is 8.88. The van der Waals surface area contributed by atoms with Gasteiger partial charge in [0.2, 0.25) is 0 Å². The lowest BCUT2D eigenvalue weighted by Crippen LogP contribution is -2.21. The van der Waals surface area contributed by atoms with Crippen LogP contribution >= 0.6 is 7.14 Å². The highest BCUT2D eigenvalue weighted by molar-refractivity contribution is 7.78. The molecule has 0 fully saturated rings. The van der Waals surface area contributed by atoms with Crippen LogP contribution in [0.1, 0.15) is 18.3 Å². The van der Waals surface area contributed by atoms with Crippen molar-refractivity contribution in [2.24, 2.45) is 0 Å². The fourth-order valence-corrected chi connectivity index (χ4v) is 5.73. The van der Waals surface area contributed by atoms with Gasteiger partial charge >= 0.3 is 0 Å². The Labute approximate surface area is 159 Å². The van der Waals surface area contributed by atoms with Crippen LogP contribution < -0.4 is 20.1 Å². The highest BCUT2D eigenvalue weighted by Crippen LogP contribution is 2.56. The first-order chi connectivity index (χ1) is 13.1. The van der Waals surface area contributed by atoms with Gasteiger partial charge < -0.3 is 19.1 Å². The van der Waals surface area contributed by atoms with E-state index in [1.54, 1.807) is 49.6 Å². The summed E-state index contributed by atoms with van der Waals surface area (Å²) in [6.45, 7) is 2.39. The Morgan fingerprint density at radius 1 is 0.889 bits per heavy atom. The third-order valence-electron chi connectivity index (χ3n) is 4.41. The fraction of sp³-hybridized carbons (Fsp3) is 0.182. The first-order valence-corrected chi connectivity index (χ1v) is 10.6. The summed E-state index contributed by atoms with van der Waals surface area (Å²) >= 11 is 0. The van der Waals surface area contributed by atoms with Crippen molar-refractivity contribution in [1.29, 1.82) is 0 Å². The number of ether oxygens (including phenoxy) is 2. The molecule has 27 heavy (non-hydrogen) atoms. The maximum absolute atomic E-state index is 14.2. The zero-order valence-electron chi connectivity index (χ0n) is 15.4. The number of hydrogen-bond donors (Lipinski definition) is 1. The molecule has 4 nitrogen and oxygen atoms in total. The second kappa shape index (κ2) is 8.43. The van der Waals surface area contributed by atoms with E-state index >= 15 is 0 Å². The minimum absolute atomic E-state index is 0.501. The minimum atomic E-state index is -3.34.